The molecule has 0 spiro atoms. The summed E-state index contributed by atoms with van der Waals surface area (Å²) in [6.07, 6.45) is 15.9. The Labute approximate surface area is 401 Å². The fraction of sp³-hybridized carbons (Fsp3) is 0.630. The summed E-state index contributed by atoms with van der Waals surface area (Å²) in [7, 11) is 3.38. The number of carbonyl (C=O) groups excluding carboxylic acids is 5. The van der Waals surface area contributed by atoms with Crippen molar-refractivity contribution in [3.63, 3.8) is 0 Å². The van der Waals surface area contributed by atoms with E-state index in [1.807, 2.05) is 24.3 Å². The van der Waals surface area contributed by atoms with Gasteiger partial charge in [0.25, 0.3) is 17.7 Å². The minimum atomic E-state index is -0.998. The van der Waals surface area contributed by atoms with Crippen LogP contribution < -0.4 is 5.32 Å². The lowest BCUT2D eigenvalue weighted by molar-refractivity contribution is -0.149. The maximum absolute atomic E-state index is 13.4. The van der Waals surface area contributed by atoms with Crippen LogP contribution in [0, 0.1) is 34.5 Å². The van der Waals surface area contributed by atoms with Crippen molar-refractivity contribution in [3.8, 4) is 0 Å². The van der Waals surface area contributed by atoms with Crippen LogP contribution in [0.2, 0.25) is 0 Å². The van der Waals surface area contributed by atoms with Crippen LogP contribution in [0.25, 0.3) is 10.8 Å². The van der Waals surface area contributed by atoms with Gasteiger partial charge in [0.05, 0.1) is 70.4 Å². The average molecular weight is 934 g/mol. The van der Waals surface area contributed by atoms with Gasteiger partial charge in [-0.15, -0.1) is 0 Å². The number of carbonyl (C=O) groups is 5. The summed E-state index contributed by atoms with van der Waals surface area (Å²) >= 11 is 0. The van der Waals surface area contributed by atoms with Crippen LogP contribution >= 0.6 is 0 Å². The Bertz CT molecular complexity index is 2360. The highest BCUT2D eigenvalue weighted by molar-refractivity contribution is 6.25. The number of likely N-dealkylation sites (N-methyl/N-ethyl adjacent to an activating group) is 1. The number of imide groups is 2. The van der Waals surface area contributed by atoms with Gasteiger partial charge in [-0.2, -0.15) is 0 Å². The monoisotopic (exact) mass is 934 g/mol. The molecule has 1 saturated heterocycles. The summed E-state index contributed by atoms with van der Waals surface area (Å²) in [4.78, 5) is 73.0. The van der Waals surface area contributed by atoms with Crippen molar-refractivity contribution in [2.45, 2.75) is 109 Å². The molecule has 1 aromatic heterocycles. The Balaban J connectivity index is 0.611. The predicted molar refractivity (Wildman–Crippen MR) is 257 cm³/mol. The smallest absolute Gasteiger partial charge is 0.264 e. The molecule has 9 atom stereocenters. The van der Waals surface area contributed by atoms with E-state index in [9.17, 15) is 24.0 Å². The zero-order chi connectivity index (χ0) is 47.6. The molecular weight excluding hydrogens is 863 g/mol. The summed E-state index contributed by atoms with van der Waals surface area (Å²) in [6, 6.07) is 13.5. The molecule has 9 rings (SSSR count). The molecule has 3 aromatic rings. The van der Waals surface area contributed by atoms with E-state index in [-0.39, 0.29) is 35.8 Å². The van der Waals surface area contributed by atoms with Gasteiger partial charge >= 0.3 is 0 Å². The number of pyridine rings is 1. The minimum absolute atomic E-state index is 0.0911. The Morgan fingerprint density at radius 3 is 2.28 bits per heavy atom. The van der Waals surface area contributed by atoms with Gasteiger partial charge in [-0.1, -0.05) is 32.0 Å². The molecule has 5 fully saturated rings. The summed E-state index contributed by atoms with van der Waals surface area (Å²) in [6.45, 7) is 8.78. The van der Waals surface area contributed by atoms with E-state index in [2.05, 4.69) is 48.4 Å². The number of amides is 5. The van der Waals surface area contributed by atoms with Crippen molar-refractivity contribution in [3.05, 3.63) is 71.5 Å². The molecule has 1 unspecified atom stereocenters. The number of fused-ring (bicyclic) bond motifs is 7. The molecule has 3 heterocycles. The molecule has 1 N–H and O–H groups in total. The lowest BCUT2D eigenvalue weighted by atomic mass is 9.44. The summed E-state index contributed by atoms with van der Waals surface area (Å²) in [5.41, 5.74) is 3.19. The molecule has 0 radical (unpaired) electrons. The molecule has 2 aromatic carbocycles. The van der Waals surface area contributed by atoms with Gasteiger partial charge in [0.1, 0.15) is 6.04 Å². The lowest BCUT2D eigenvalue weighted by Gasteiger charge is -2.61. The van der Waals surface area contributed by atoms with Crippen LogP contribution in [-0.2, 0) is 33.3 Å². The van der Waals surface area contributed by atoms with Gasteiger partial charge in [-0.25, -0.2) is 0 Å². The van der Waals surface area contributed by atoms with Crippen LogP contribution in [0.15, 0.2) is 54.9 Å². The molecule has 4 saturated carbocycles. The maximum Gasteiger partial charge on any atom is 0.264 e. The topological polar surface area (TPSA) is 157 Å². The quantitative estimate of drug-likeness (QED) is 0.0938. The first-order valence-electron chi connectivity index (χ1n) is 25.4. The van der Waals surface area contributed by atoms with Crippen molar-refractivity contribution in [1.29, 1.82) is 0 Å². The van der Waals surface area contributed by atoms with Gasteiger partial charge in [-0.3, -0.25) is 38.8 Å². The van der Waals surface area contributed by atoms with Crippen LogP contribution in [0.1, 0.15) is 123 Å². The molecule has 14 nitrogen and oxygen atoms in total. The van der Waals surface area contributed by atoms with Gasteiger partial charge in [0.2, 0.25) is 11.8 Å². The van der Waals surface area contributed by atoms with Crippen molar-refractivity contribution in [2.75, 3.05) is 78.8 Å². The van der Waals surface area contributed by atoms with E-state index in [0.717, 1.165) is 40.4 Å². The normalized spacial score (nSPS) is 30.0. The third-order valence-electron chi connectivity index (χ3n) is 17.7. The molecule has 6 aliphatic rings. The molecule has 14 heteroatoms. The SMILES string of the molecule is CN1C(=O)CCC(N2C(=O)c3cccc(NCCOCCOCCOCCOCCC(=O)N(C)[C@H]4CC[C@@]5(C)[C@@H](CC[C@@H]6[C@@H]5CC[C@]5(C)[C@@H](c7ccc8ccncc8c7)CC[C@@H]65)C4)c3C2=O)C1=O. The van der Waals surface area contributed by atoms with Gasteiger partial charge < -0.3 is 29.2 Å². The first-order valence-corrected chi connectivity index (χ1v) is 25.4. The third kappa shape index (κ3) is 9.34. The number of benzene rings is 2. The standard InChI is InChI=1S/C54H71N5O9/c1-53-20-16-39(33-38(53)10-11-40-43-13-12-42(54(43,2)21-17-44(40)53)36-9-8-35-18-22-55-34-37(35)32-36)57(3)48(61)19-24-65-26-28-67-30-31-68-29-27-66-25-23-56-45-7-5-6-41-49(45)52(64)59(50(41)62)46-14-15-47(60)58(4)51(46)63/h5-9,18,22,32,34,38-40,42-44,46,56H,10-17,19-21,23-31,33H2,1-4H3/t38-,39-,40-,42+,43-,44-,46?,53-,54+/m0/s1. The number of rotatable bonds is 19. The zero-order valence-corrected chi connectivity index (χ0v) is 40.5. The fourth-order valence-electron chi connectivity index (χ4n) is 13.9. The molecule has 2 aliphatic heterocycles. The second-order valence-electron chi connectivity index (χ2n) is 20.9. The number of likely N-dealkylation sites (tertiary alicyclic amines) is 1. The van der Waals surface area contributed by atoms with Gasteiger partial charge in [-0.05, 0) is 140 Å². The molecule has 0 bridgehead atoms. The van der Waals surface area contributed by atoms with E-state index in [4.69, 9.17) is 18.9 Å². The molecule has 366 valence electrons. The van der Waals surface area contributed by atoms with Crippen molar-refractivity contribution >= 4 is 46.0 Å². The molecule has 5 amide bonds. The van der Waals surface area contributed by atoms with E-state index in [1.165, 1.54) is 68.3 Å². The number of aromatic nitrogens is 1. The number of nitrogens with zero attached hydrogens (tertiary/aromatic N) is 4. The number of ether oxygens (including phenoxy) is 4. The number of anilines is 1. The minimum Gasteiger partial charge on any atom is -0.382 e. The first kappa shape index (κ1) is 48.3. The predicted octanol–water partition coefficient (Wildman–Crippen LogP) is 7.50. The summed E-state index contributed by atoms with van der Waals surface area (Å²) in [5.74, 6) is 1.93. The third-order valence-corrected chi connectivity index (χ3v) is 17.7. The van der Waals surface area contributed by atoms with Crippen LogP contribution in [0.5, 0.6) is 0 Å². The van der Waals surface area contributed by atoms with E-state index in [1.54, 1.807) is 18.2 Å². The Kier molecular flexibility index (Phi) is 14.7. The number of hydrogen-bond acceptors (Lipinski definition) is 11. The second-order valence-corrected chi connectivity index (χ2v) is 20.9. The number of piperidine rings is 1. The summed E-state index contributed by atoms with van der Waals surface area (Å²) in [5, 5.41) is 5.71. The highest BCUT2D eigenvalue weighted by Gasteiger charge is 2.60. The second kappa shape index (κ2) is 20.7. The Hall–Kier alpha value is -4.76. The molecule has 4 aliphatic carbocycles. The van der Waals surface area contributed by atoms with Crippen LogP contribution in [-0.4, -0.2) is 135 Å². The van der Waals surface area contributed by atoms with Gasteiger partial charge in [0, 0.05) is 56.6 Å². The van der Waals surface area contributed by atoms with Crippen LogP contribution in [0.4, 0.5) is 5.69 Å². The lowest BCUT2D eigenvalue weighted by Crippen LogP contribution is -2.55. The van der Waals surface area contributed by atoms with Crippen molar-refractivity contribution in [1.82, 2.24) is 19.7 Å². The first-order chi connectivity index (χ1) is 32.9. The highest BCUT2D eigenvalue weighted by atomic mass is 16.6. The largest absolute Gasteiger partial charge is 0.382 e. The zero-order valence-electron chi connectivity index (χ0n) is 40.5. The van der Waals surface area contributed by atoms with E-state index < -0.39 is 23.8 Å². The highest BCUT2D eigenvalue weighted by Crippen LogP contribution is 2.69. The van der Waals surface area contributed by atoms with E-state index in [0.29, 0.717) is 100 Å². The van der Waals surface area contributed by atoms with Crippen molar-refractivity contribution < 1.29 is 42.9 Å². The van der Waals surface area contributed by atoms with Crippen LogP contribution in [0.3, 0.4) is 0 Å². The van der Waals surface area contributed by atoms with E-state index >= 15 is 0 Å². The Morgan fingerprint density at radius 1 is 0.779 bits per heavy atom. The Morgan fingerprint density at radius 2 is 1.50 bits per heavy atom. The van der Waals surface area contributed by atoms with Gasteiger partial charge in [0.15, 0.2) is 0 Å². The molecular formula is C54H71N5O9. The van der Waals surface area contributed by atoms with Crippen molar-refractivity contribution in [2.24, 2.45) is 34.5 Å². The summed E-state index contributed by atoms with van der Waals surface area (Å²) < 4.78 is 22.8. The molecule has 68 heavy (non-hydrogen) atoms. The fourth-order valence-corrected chi connectivity index (χ4v) is 13.9. The maximum atomic E-state index is 13.4. The average Bonchev–Trinajstić information content (AvgIpc) is 3.83. The number of hydrogen-bond donors (Lipinski definition) is 1. The number of nitrogens with one attached hydrogen (secondary N) is 1.